The van der Waals surface area contributed by atoms with E-state index < -0.39 is 0 Å². The molecule has 10 N–H and O–H groups in total. The Kier molecular flexibility index (Phi) is 9.25. The van der Waals surface area contributed by atoms with Crippen molar-refractivity contribution in [2.75, 3.05) is 26.3 Å². The molecule has 34 heavy (non-hydrogen) atoms. The van der Waals surface area contributed by atoms with Crippen molar-refractivity contribution in [3.8, 4) is 11.5 Å². The molecular weight excluding hydrogens is 428 g/mol. The molecule has 0 spiro atoms. The topological polar surface area (TPSA) is 149 Å². The fourth-order valence-electron chi connectivity index (χ4n) is 3.84. The van der Waals surface area contributed by atoms with Gasteiger partial charge in [-0.3, -0.25) is 0 Å². The van der Waals surface area contributed by atoms with Gasteiger partial charge in [0.25, 0.3) is 0 Å². The van der Waals surface area contributed by atoms with Gasteiger partial charge in [0.1, 0.15) is 23.4 Å². The molecule has 0 amide bonds. The lowest BCUT2D eigenvalue weighted by Crippen LogP contribution is -2.34. The van der Waals surface area contributed by atoms with Crippen LogP contribution in [0.25, 0.3) is 5.70 Å². The van der Waals surface area contributed by atoms with Crippen molar-refractivity contribution in [3.63, 3.8) is 0 Å². The maximum atomic E-state index is 10.1. The smallest absolute Gasteiger partial charge is 0.124 e. The van der Waals surface area contributed by atoms with Gasteiger partial charge >= 0.3 is 0 Å². The number of piperidine rings is 1. The Morgan fingerprint density at radius 1 is 1.06 bits per heavy atom. The van der Waals surface area contributed by atoms with Crippen LogP contribution in [0.5, 0.6) is 11.5 Å². The van der Waals surface area contributed by atoms with Crippen molar-refractivity contribution < 1.29 is 9.84 Å². The summed E-state index contributed by atoms with van der Waals surface area (Å²) in [7, 11) is 0. The molecule has 1 aliphatic heterocycles. The SMILES string of the molecule is NCN(C/C=C\Cc1cccc(OC2CCNCC2)c1)C(/C=C(\N)c1ccccc1O)=C(N)N. The summed E-state index contributed by atoms with van der Waals surface area (Å²) in [5, 5.41) is 13.4. The molecule has 1 fully saturated rings. The van der Waals surface area contributed by atoms with E-state index in [0.717, 1.165) is 38.1 Å². The van der Waals surface area contributed by atoms with E-state index >= 15 is 0 Å². The zero-order chi connectivity index (χ0) is 24.3. The molecule has 1 heterocycles. The van der Waals surface area contributed by atoms with E-state index in [0.29, 0.717) is 23.5 Å². The number of aromatic hydroxyl groups is 1. The second kappa shape index (κ2) is 12.6. The van der Waals surface area contributed by atoms with Crippen LogP contribution >= 0.6 is 0 Å². The minimum absolute atomic E-state index is 0.0803. The van der Waals surface area contributed by atoms with Gasteiger partial charge in [-0.05, 0) is 68.3 Å². The normalized spacial score (nSPS) is 14.8. The number of phenolic OH excluding ortho intramolecular Hbond substituents is 1. The summed E-state index contributed by atoms with van der Waals surface area (Å²) in [6, 6.07) is 15.0. The molecule has 2 aromatic carbocycles. The standard InChI is InChI=1S/C26H36N6O2/c27-18-32(24(26(29)30)17-23(28)22-9-1-2-10-25(22)33)15-4-3-6-19-7-5-8-21(16-19)34-20-11-13-31-14-12-20/h1-5,7-10,16-17,20,31,33H,6,11-15,18,27-30H2/b4-3-,23-17-. The lowest BCUT2D eigenvalue weighted by molar-refractivity contribution is 0.162. The lowest BCUT2D eigenvalue weighted by Gasteiger charge is -2.24. The molecule has 0 aliphatic carbocycles. The predicted octanol–water partition coefficient (Wildman–Crippen LogP) is 1.93. The summed E-state index contributed by atoms with van der Waals surface area (Å²) in [5.41, 5.74) is 26.5. The Balaban J connectivity index is 1.62. The Morgan fingerprint density at radius 3 is 2.53 bits per heavy atom. The number of ether oxygens (including phenoxy) is 1. The number of nitrogens with zero attached hydrogens (tertiary/aromatic N) is 1. The Labute approximate surface area is 201 Å². The van der Waals surface area contributed by atoms with Crippen LogP contribution in [-0.2, 0) is 6.42 Å². The zero-order valence-corrected chi connectivity index (χ0v) is 19.5. The highest BCUT2D eigenvalue weighted by atomic mass is 16.5. The van der Waals surface area contributed by atoms with Crippen molar-refractivity contribution in [1.29, 1.82) is 0 Å². The molecule has 3 rings (SSSR count). The summed E-state index contributed by atoms with van der Waals surface area (Å²) < 4.78 is 6.14. The van der Waals surface area contributed by atoms with Gasteiger partial charge in [0.2, 0.25) is 0 Å². The van der Waals surface area contributed by atoms with E-state index in [2.05, 4.69) is 23.5 Å². The molecule has 1 saturated heterocycles. The second-order valence-electron chi connectivity index (χ2n) is 8.25. The Bertz CT molecular complexity index is 1020. The molecule has 2 aromatic rings. The van der Waals surface area contributed by atoms with Crippen LogP contribution in [0.1, 0.15) is 24.0 Å². The van der Waals surface area contributed by atoms with Crippen molar-refractivity contribution in [2.45, 2.75) is 25.4 Å². The van der Waals surface area contributed by atoms with Gasteiger partial charge in [0.15, 0.2) is 0 Å². The minimum Gasteiger partial charge on any atom is -0.507 e. The van der Waals surface area contributed by atoms with Gasteiger partial charge in [-0.25, -0.2) is 0 Å². The molecule has 182 valence electrons. The van der Waals surface area contributed by atoms with Gasteiger partial charge in [-0.1, -0.05) is 36.4 Å². The fourth-order valence-corrected chi connectivity index (χ4v) is 3.84. The van der Waals surface area contributed by atoms with Gasteiger partial charge in [0.05, 0.1) is 12.4 Å². The minimum atomic E-state index is 0.0803. The summed E-state index contributed by atoms with van der Waals surface area (Å²) >= 11 is 0. The molecule has 0 radical (unpaired) electrons. The van der Waals surface area contributed by atoms with Crippen LogP contribution < -0.4 is 33.0 Å². The molecule has 0 atom stereocenters. The largest absolute Gasteiger partial charge is 0.507 e. The van der Waals surface area contributed by atoms with E-state index in [1.165, 1.54) is 5.56 Å². The van der Waals surface area contributed by atoms with E-state index in [-0.39, 0.29) is 24.3 Å². The lowest BCUT2D eigenvalue weighted by atomic mass is 10.1. The fraction of sp³-hybridized carbons (Fsp3) is 0.308. The van der Waals surface area contributed by atoms with Gasteiger partial charge in [-0.2, -0.15) is 0 Å². The maximum absolute atomic E-state index is 10.1. The molecular formula is C26H36N6O2. The van der Waals surface area contributed by atoms with Crippen molar-refractivity contribution in [3.05, 3.63) is 89.4 Å². The molecule has 1 aliphatic rings. The average molecular weight is 465 g/mol. The first-order valence-electron chi connectivity index (χ1n) is 11.5. The van der Waals surface area contributed by atoms with Gasteiger partial charge in [0, 0.05) is 17.8 Å². The van der Waals surface area contributed by atoms with Crippen LogP contribution in [0, 0.1) is 0 Å². The first kappa shape index (κ1) is 25.0. The van der Waals surface area contributed by atoms with Crippen LogP contribution in [0.4, 0.5) is 0 Å². The predicted molar refractivity (Wildman–Crippen MR) is 137 cm³/mol. The van der Waals surface area contributed by atoms with E-state index in [1.54, 1.807) is 30.3 Å². The maximum Gasteiger partial charge on any atom is 0.124 e. The third-order valence-corrected chi connectivity index (χ3v) is 5.70. The number of allylic oxidation sites excluding steroid dienone is 2. The Morgan fingerprint density at radius 2 is 1.82 bits per heavy atom. The van der Waals surface area contributed by atoms with Crippen molar-refractivity contribution in [2.24, 2.45) is 22.9 Å². The monoisotopic (exact) mass is 464 g/mol. The van der Waals surface area contributed by atoms with E-state index in [1.807, 2.05) is 23.1 Å². The molecule has 0 bridgehead atoms. The van der Waals surface area contributed by atoms with Crippen LogP contribution in [0.15, 0.2) is 78.3 Å². The van der Waals surface area contributed by atoms with E-state index in [9.17, 15) is 5.11 Å². The quantitative estimate of drug-likeness (QED) is 0.177. The highest BCUT2D eigenvalue weighted by Gasteiger charge is 2.14. The van der Waals surface area contributed by atoms with Crippen molar-refractivity contribution >= 4 is 5.70 Å². The summed E-state index contributed by atoms with van der Waals surface area (Å²) in [5.74, 6) is 1.09. The Hall–Kier alpha value is -3.62. The summed E-state index contributed by atoms with van der Waals surface area (Å²) in [4.78, 5) is 1.81. The van der Waals surface area contributed by atoms with Gasteiger partial charge in [-0.15, -0.1) is 0 Å². The molecule has 0 unspecified atom stereocenters. The molecule has 8 nitrogen and oxygen atoms in total. The van der Waals surface area contributed by atoms with Crippen molar-refractivity contribution in [1.82, 2.24) is 10.2 Å². The first-order chi connectivity index (χ1) is 16.5. The van der Waals surface area contributed by atoms with Crippen LogP contribution in [-0.4, -0.2) is 42.4 Å². The third kappa shape index (κ3) is 7.19. The van der Waals surface area contributed by atoms with E-state index in [4.69, 9.17) is 27.7 Å². The highest BCUT2D eigenvalue weighted by molar-refractivity contribution is 5.69. The first-order valence-corrected chi connectivity index (χ1v) is 11.5. The summed E-state index contributed by atoms with van der Waals surface area (Å²) in [6.07, 6.45) is 8.81. The highest BCUT2D eigenvalue weighted by Crippen LogP contribution is 2.23. The second-order valence-corrected chi connectivity index (χ2v) is 8.25. The summed E-state index contributed by atoms with van der Waals surface area (Å²) in [6.45, 7) is 2.70. The molecule has 8 heteroatoms. The third-order valence-electron chi connectivity index (χ3n) is 5.70. The average Bonchev–Trinajstić information content (AvgIpc) is 2.84. The molecule has 0 aromatic heterocycles. The van der Waals surface area contributed by atoms with Gasteiger partial charge < -0.3 is 43.0 Å². The number of nitrogens with two attached hydrogens (primary N) is 4. The molecule has 0 saturated carbocycles. The van der Waals surface area contributed by atoms with Crippen LogP contribution in [0.2, 0.25) is 0 Å². The number of hydrogen-bond acceptors (Lipinski definition) is 8. The van der Waals surface area contributed by atoms with Crippen LogP contribution in [0.3, 0.4) is 0 Å². The number of phenols is 1. The zero-order valence-electron chi connectivity index (χ0n) is 19.5. The number of hydrogen-bond donors (Lipinski definition) is 6. The number of nitrogens with one attached hydrogen (secondary N) is 1. The number of benzene rings is 2. The number of rotatable bonds is 10. The number of para-hydroxylation sites is 1.